The highest BCUT2D eigenvalue weighted by atomic mass is 16.2. The van der Waals surface area contributed by atoms with E-state index in [9.17, 15) is 19.2 Å². The van der Waals surface area contributed by atoms with Crippen LogP contribution in [-0.4, -0.2) is 30.9 Å². The zero-order valence-corrected chi connectivity index (χ0v) is 18.1. The summed E-state index contributed by atoms with van der Waals surface area (Å²) in [5, 5.41) is 2.62. The molecule has 2 N–H and O–H groups in total. The Morgan fingerprint density at radius 1 is 0.939 bits per heavy atom. The van der Waals surface area contributed by atoms with Crippen LogP contribution in [0.25, 0.3) is 11.2 Å². The molecule has 2 heterocycles. The van der Waals surface area contributed by atoms with Gasteiger partial charge in [-0.2, -0.15) is 4.98 Å². The molecule has 2 aromatic carbocycles. The van der Waals surface area contributed by atoms with Crippen LogP contribution in [0, 0.1) is 0 Å². The number of aromatic nitrogens is 4. The zero-order chi connectivity index (χ0) is 23.5. The van der Waals surface area contributed by atoms with Crippen molar-refractivity contribution in [3.63, 3.8) is 0 Å². The van der Waals surface area contributed by atoms with E-state index in [0.29, 0.717) is 0 Å². The fourth-order valence-electron chi connectivity index (χ4n) is 3.43. The first-order valence-electron chi connectivity index (χ1n) is 10.2. The van der Waals surface area contributed by atoms with E-state index in [2.05, 4.69) is 15.3 Å². The van der Waals surface area contributed by atoms with E-state index in [-0.39, 0.29) is 30.2 Å². The largest absolute Gasteiger partial charge is 0.344 e. The van der Waals surface area contributed by atoms with E-state index in [1.807, 2.05) is 48.5 Å². The van der Waals surface area contributed by atoms with Crippen molar-refractivity contribution in [3.8, 4) is 0 Å². The summed E-state index contributed by atoms with van der Waals surface area (Å²) in [4.78, 5) is 59.0. The number of amides is 2. The second kappa shape index (κ2) is 8.95. The van der Waals surface area contributed by atoms with Crippen LogP contribution in [-0.2, 0) is 36.8 Å². The zero-order valence-electron chi connectivity index (χ0n) is 18.1. The normalized spacial score (nSPS) is 10.8. The molecular weight excluding hydrogens is 424 g/mol. The number of rotatable bonds is 5. The quantitative estimate of drug-likeness (QED) is 0.440. The predicted molar refractivity (Wildman–Crippen MR) is 122 cm³/mol. The van der Waals surface area contributed by atoms with E-state index in [1.54, 1.807) is 12.1 Å². The summed E-state index contributed by atoms with van der Waals surface area (Å²) in [6.07, 6.45) is 0. The molecule has 4 rings (SSSR count). The number of benzene rings is 2. The standard InChI is InChI=1S/C23H22N6O4/c1-27-18-17(20(31)28(2)23(27)33)25-22(26-18)29(14-16-11-7-4-8-12-16)21(32)19(30)24-13-15-9-5-3-6-10-15/h3-12H,13-14H2,1-2H3,(H,24,30)(H,25,26). The highest BCUT2D eigenvalue weighted by Crippen LogP contribution is 2.17. The average Bonchev–Trinajstić information content (AvgIpc) is 3.29. The third-order valence-corrected chi connectivity index (χ3v) is 5.26. The van der Waals surface area contributed by atoms with Gasteiger partial charge in [-0.25, -0.2) is 4.79 Å². The van der Waals surface area contributed by atoms with Gasteiger partial charge in [0.05, 0.1) is 6.54 Å². The molecule has 0 unspecified atom stereocenters. The first-order valence-corrected chi connectivity index (χ1v) is 10.2. The third kappa shape index (κ3) is 4.31. The first-order chi connectivity index (χ1) is 15.9. The molecule has 0 aliphatic carbocycles. The van der Waals surface area contributed by atoms with Crippen molar-refractivity contribution in [2.75, 3.05) is 4.90 Å². The molecule has 4 aromatic rings. The minimum Gasteiger partial charge on any atom is -0.344 e. The Morgan fingerprint density at radius 2 is 1.55 bits per heavy atom. The van der Waals surface area contributed by atoms with Gasteiger partial charge < -0.3 is 10.3 Å². The average molecular weight is 446 g/mol. The number of nitrogens with one attached hydrogen (secondary N) is 2. The highest BCUT2D eigenvalue weighted by molar-refractivity contribution is 6.40. The van der Waals surface area contributed by atoms with E-state index in [4.69, 9.17) is 0 Å². The molecule has 10 heteroatoms. The van der Waals surface area contributed by atoms with Crippen LogP contribution in [0.1, 0.15) is 11.1 Å². The molecule has 33 heavy (non-hydrogen) atoms. The van der Waals surface area contributed by atoms with Crippen LogP contribution < -0.4 is 21.5 Å². The number of H-pyrrole nitrogens is 1. The molecule has 168 valence electrons. The number of anilines is 1. The number of aromatic amines is 1. The first kappa shape index (κ1) is 21.8. The lowest BCUT2D eigenvalue weighted by atomic mass is 10.2. The Bertz CT molecular complexity index is 1440. The van der Waals surface area contributed by atoms with Crippen molar-refractivity contribution in [2.24, 2.45) is 14.1 Å². The Morgan fingerprint density at radius 3 is 2.18 bits per heavy atom. The molecule has 0 aliphatic heterocycles. The number of carbonyl (C=O) groups is 2. The molecule has 0 bridgehead atoms. The summed E-state index contributed by atoms with van der Waals surface area (Å²) in [7, 11) is 2.83. The molecule has 0 fully saturated rings. The van der Waals surface area contributed by atoms with E-state index in [1.165, 1.54) is 18.7 Å². The molecule has 0 spiro atoms. The molecule has 2 aromatic heterocycles. The number of carbonyl (C=O) groups excluding carboxylic acids is 2. The fourth-order valence-corrected chi connectivity index (χ4v) is 3.43. The Hall–Kier alpha value is -4.47. The monoisotopic (exact) mass is 446 g/mol. The molecule has 2 amide bonds. The van der Waals surface area contributed by atoms with Crippen LogP contribution in [0.2, 0.25) is 0 Å². The number of imidazole rings is 1. The van der Waals surface area contributed by atoms with Crippen LogP contribution in [0.15, 0.2) is 70.3 Å². The second-order valence-electron chi connectivity index (χ2n) is 7.51. The molecule has 0 saturated heterocycles. The van der Waals surface area contributed by atoms with Gasteiger partial charge in [-0.1, -0.05) is 60.7 Å². The van der Waals surface area contributed by atoms with Crippen LogP contribution in [0.3, 0.4) is 0 Å². The molecule has 10 nitrogen and oxygen atoms in total. The van der Waals surface area contributed by atoms with E-state index < -0.39 is 23.1 Å². The van der Waals surface area contributed by atoms with E-state index in [0.717, 1.165) is 20.6 Å². The lowest BCUT2D eigenvalue weighted by Crippen LogP contribution is -2.43. The highest BCUT2D eigenvalue weighted by Gasteiger charge is 2.27. The van der Waals surface area contributed by atoms with Crippen molar-refractivity contribution in [1.29, 1.82) is 0 Å². The molecular formula is C23H22N6O4. The molecule has 0 atom stereocenters. The summed E-state index contributed by atoms with van der Waals surface area (Å²) in [5.41, 5.74) is 0.623. The summed E-state index contributed by atoms with van der Waals surface area (Å²) < 4.78 is 2.15. The number of nitrogens with zero attached hydrogens (tertiary/aromatic N) is 4. The van der Waals surface area contributed by atoms with Crippen LogP contribution in [0.4, 0.5) is 5.95 Å². The SMILES string of the molecule is Cn1c(=O)c2[nH]c(N(Cc3ccccc3)C(=O)C(=O)NCc3ccccc3)nc2n(C)c1=O. The van der Waals surface area contributed by atoms with Gasteiger partial charge in [0, 0.05) is 20.6 Å². The number of fused-ring (bicyclic) bond motifs is 1. The summed E-state index contributed by atoms with van der Waals surface area (Å²) >= 11 is 0. The minimum absolute atomic E-state index is 0.00739. The van der Waals surface area contributed by atoms with Gasteiger partial charge in [0.1, 0.15) is 0 Å². The van der Waals surface area contributed by atoms with Gasteiger partial charge in [-0.15, -0.1) is 0 Å². The maximum absolute atomic E-state index is 13.2. The number of hydrogen-bond acceptors (Lipinski definition) is 5. The van der Waals surface area contributed by atoms with Crippen molar-refractivity contribution in [3.05, 3.63) is 92.6 Å². The summed E-state index contributed by atoms with van der Waals surface area (Å²) in [6.45, 7) is 0.215. The maximum atomic E-state index is 13.2. The molecule has 0 aliphatic rings. The van der Waals surface area contributed by atoms with Crippen molar-refractivity contribution >= 4 is 28.9 Å². The molecule has 0 radical (unpaired) electrons. The van der Waals surface area contributed by atoms with Gasteiger partial charge in [0.15, 0.2) is 11.2 Å². The van der Waals surface area contributed by atoms with Crippen molar-refractivity contribution < 1.29 is 9.59 Å². The van der Waals surface area contributed by atoms with Crippen molar-refractivity contribution in [1.82, 2.24) is 24.4 Å². The Kier molecular flexibility index (Phi) is 5.90. The van der Waals surface area contributed by atoms with Crippen LogP contribution in [0.5, 0.6) is 0 Å². The topological polar surface area (TPSA) is 122 Å². The fraction of sp³-hybridized carbons (Fsp3) is 0.174. The lowest BCUT2D eigenvalue weighted by molar-refractivity contribution is -0.137. The Labute approximate surface area is 188 Å². The van der Waals surface area contributed by atoms with Gasteiger partial charge in [0.2, 0.25) is 5.95 Å². The second-order valence-corrected chi connectivity index (χ2v) is 7.51. The van der Waals surface area contributed by atoms with Gasteiger partial charge in [0.25, 0.3) is 5.56 Å². The van der Waals surface area contributed by atoms with Gasteiger partial charge in [-0.05, 0) is 11.1 Å². The van der Waals surface area contributed by atoms with Gasteiger partial charge in [-0.3, -0.25) is 28.4 Å². The predicted octanol–water partition coefficient (Wildman–Crippen LogP) is 0.810. The Balaban J connectivity index is 1.71. The number of aryl methyl sites for hydroxylation is 1. The van der Waals surface area contributed by atoms with Crippen molar-refractivity contribution in [2.45, 2.75) is 13.1 Å². The van der Waals surface area contributed by atoms with E-state index >= 15 is 0 Å². The van der Waals surface area contributed by atoms with Gasteiger partial charge >= 0.3 is 17.5 Å². The summed E-state index contributed by atoms with van der Waals surface area (Å²) in [6, 6.07) is 18.3. The third-order valence-electron chi connectivity index (χ3n) is 5.26. The molecule has 0 saturated carbocycles. The maximum Gasteiger partial charge on any atom is 0.332 e. The summed E-state index contributed by atoms with van der Waals surface area (Å²) in [5.74, 6) is -1.68. The van der Waals surface area contributed by atoms with Crippen LogP contribution >= 0.6 is 0 Å². The lowest BCUT2D eigenvalue weighted by Gasteiger charge is -2.19. The smallest absolute Gasteiger partial charge is 0.332 e. The number of hydrogen-bond donors (Lipinski definition) is 2. The minimum atomic E-state index is -0.851.